The number of aryl methyl sites for hydroxylation is 1. The predicted octanol–water partition coefficient (Wildman–Crippen LogP) is 0.783. The van der Waals surface area contributed by atoms with Crippen molar-refractivity contribution in [2.24, 2.45) is 5.14 Å². The lowest BCUT2D eigenvalue weighted by molar-refractivity contribution is 0.585. The highest BCUT2D eigenvalue weighted by Crippen LogP contribution is 2.30. The van der Waals surface area contributed by atoms with Gasteiger partial charge in [0, 0.05) is 0 Å². The van der Waals surface area contributed by atoms with E-state index < -0.39 is 25.3 Å². The Morgan fingerprint density at radius 1 is 1.26 bits per heavy atom. The SMILES string of the molecule is Cc1nc(NS(=O)(=O)C2CCCC2)sc1S(N)(=O)=O. The molecule has 1 aromatic rings. The smallest absolute Gasteiger partial charge is 0.249 e. The van der Waals surface area contributed by atoms with E-state index in [-0.39, 0.29) is 15.0 Å². The molecule has 1 aromatic heterocycles. The Kier molecular flexibility index (Phi) is 3.87. The molecule has 0 saturated heterocycles. The van der Waals surface area contributed by atoms with Crippen molar-refractivity contribution in [3.63, 3.8) is 0 Å². The van der Waals surface area contributed by atoms with Crippen LogP contribution in [0.5, 0.6) is 0 Å². The second kappa shape index (κ2) is 5.00. The number of nitrogens with one attached hydrogen (secondary N) is 1. The molecule has 3 N–H and O–H groups in total. The molecule has 7 nitrogen and oxygen atoms in total. The molecule has 0 bridgehead atoms. The summed E-state index contributed by atoms with van der Waals surface area (Å²) in [4.78, 5) is 3.90. The molecule has 0 aromatic carbocycles. The second-order valence-electron chi connectivity index (χ2n) is 4.49. The first kappa shape index (κ1) is 14.7. The number of rotatable bonds is 4. The molecule has 10 heteroatoms. The minimum Gasteiger partial charge on any atom is -0.258 e. The molecule has 1 fully saturated rings. The van der Waals surface area contributed by atoms with E-state index in [1.54, 1.807) is 0 Å². The molecule has 19 heavy (non-hydrogen) atoms. The maximum absolute atomic E-state index is 12.0. The van der Waals surface area contributed by atoms with Gasteiger partial charge < -0.3 is 0 Å². The first-order valence-corrected chi connectivity index (χ1v) is 9.63. The van der Waals surface area contributed by atoms with E-state index in [9.17, 15) is 16.8 Å². The number of aromatic nitrogens is 1. The number of sulfonamides is 2. The van der Waals surface area contributed by atoms with Gasteiger partial charge in [-0.05, 0) is 19.8 Å². The molecule has 108 valence electrons. The Morgan fingerprint density at radius 3 is 2.32 bits per heavy atom. The number of nitrogens with zero attached hydrogens (tertiary/aromatic N) is 1. The maximum Gasteiger partial charge on any atom is 0.249 e. The fourth-order valence-corrected chi connectivity index (χ4v) is 5.73. The third kappa shape index (κ3) is 3.25. The van der Waals surface area contributed by atoms with Crippen molar-refractivity contribution in [2.75, 3.05) is 4.72 Å². The van der Waals surface area contributed by atoms with E-state index in [4.69, 9.17) is 5.14 Å². The zero-order valence-corrected chi connectivity index (χ0v) is 12.7. The van der Waals surface area contributed by atoms with Crippen LogP contribution in [0.4, 0.5) is 5.13 Å². The van der Waals surface area contributed by atoms with E-state index in [1.165, 1.54) is 6.92 Å². The number of primary sulfonamides is 1. The molecule has 0 amide bonds. The van der Waals surface area contributed by atoms with Crippen molar-refractivity contribution < 1.29 is 16.8 Å². The highest BCUT2D eigenvalue weighted by Gasteiger charge is 2.30. The normalized spacial score (nSPS) is 17.8. The predicted molar refractivity (Wildman–Crippen MR) is 73.0 cm³/mol. The van der Waals surface area contributed by atoms with Crippen molar-refractivity contribution >= 4 is 36.5 Å². The Hall–Kier alpha value is -0.710. The third-order valence-electron chi connectivity index (χ3n) is 2.98. The fourth-order valence-electron chi connectivity index (χ4n) is 2.09. The first-order valence-electron chi connectivity index (χ1n) is 5.72. The monoisotopic (exact) mass is 325 g/mol. The van der Waals surface area contributed by atoms with Crippen LogP contribution in [0, 0.1) is 6.92 Å². The van der Waals surface area contributed by atoms with Crippen LogP contribution in [0.25, 0.3) is 0 Å². The summed E-state index contributed by atoms with van der Waals surface area (Å²) in [5.41, 5.74) is 0.205. The maximum atomic E-state index is 12.0. The summed E-state index contributed by atoms with van der Waals surface area (Å²) in [7, 11) is -7.37. The number of nitrogens with two attached hydrogens (primary N) is 1. The topological polar surface area (TPSA) is 119 Å². The molecule has 0 atom stereocenters. The van der Waals surface area contributed by atoms with Crippen LogP contribution in [0.2, 0.25) is 0 Å². The van der Waals surface area contributed by atoms with E-state index >= 15 is 0 Å². The third-order valence-corrected chi connectivity index (χ3v) is 7.57. The highest BCUT2D eigenvalue weighted by atomic mass is 32.2. The number of hydrogen-bond donors (Lipinski definition) is 2. The molecule has 0 aliphatic heterocycles. The summed E-state index contributed by atoms with van der Waals surface area (Å²) < 4.78 is 48.9. The fraction of sp³-hybridized carbons (Fsp3) is 0.667. The van der Waals surface area contributed by atoms with Gasteiger partial charge in [0.05, 0.1) is 10.9 Å². The summed E-state index contributed by atoms with van der Waals surface area (Å²) in [6.07, 6.45) is 3.04. The minimum atomic E-state index is -3.87. The van der Waals surface area contributed by atoms with E-state index in [0.29, 0.717) is 12.8 Å². The van der Waals surface area contributed by atoms with Gasteiger partial charge in [-0.2, -0.15) is 0 Å². The Balaban J connectivity index is 2.25. The second-order valence-corrected chi connectivity index (χ2v) is 9.21. The van der Waals surface area contributed by atoms with Crippen molar-refractivity contribution in [3.05, 3.63) is 5.69 Å². The first-order chi connectivity index (χ1) is 8.70. The quantitative estimate of drug-likeness (QED) is 0.848. The molecule has 0 spiro atoms. The molecule has 0 unspecified atom stereocenters. The lowest BCUT2D eigenvalue weighted by atomic mass is 10.4. The van der Waals surface area contributed by atoms with Crippen molar-refractivity contribution in [1.82, 2.24) is 4.98 Å². The van der Waals surface area contributed by atoms with Gasteiger partial charge in [0.1, 0.15) is 0 Å². The molecule has 0 radical (unpaired) electrons. The van der Waals surface area contributed by atoms with E-state index in [0.717, 1.165) is 24.2 Å². The van der Waals surface area contributed by atoms with Crippen LogP contribution in [-0.2, 0) is 20.0 Å². The summed E-state index contributed by atoms with van der Waals surface area (Å²) in [6.45, 7) is 1.48. The Labute approximate surface area is 116 Å². The average Bonchev–Trinajstić information content (AvgIpc) is 2.85. The van der Waals surface area contributed by atoms with Gasteiger partial charge >= 0.3 is 0 Å². The Bertz CT molecular complexity index is 672. The van der Waals surface area contributed by atoms with Gasteiger partial charge in [0.15, 0.2) is 9.34 Å². The minimum absolute atomic E-state index is 0.0495. The van der Waals surface area contributed by atoms with Crippen LogP contribution in [-0.4, -0.2) is 27.1 Å². The lowest BCUT2D eigenvalue weighted by Crippen LogP contribution is -2.25. The van der Waals surface area contributed by atoms with Gasteiger partial charge in [0.2, 0.25) is 20.0 Å². The average molecular weight is 325 g/mol. The van der Waals surface area contributed by atoms with Crippen LogP contribution in [0.1, 0.15) is 31.4 Å². The van der Waals surface area contributed by atoms with E-state index in [1.807, 2.05) is 0 Å². The molecule has 2 rings (SSSR count). The lowest BCUT2D eigenvalue weighted by Gasteiger charge is -2.10. The zero-order chi connectivity index (χ0) is 14.3. The van der Waals surface area contributed by atoms with E-state index in [2.05, 4.69) is 9.71 Å². The molecular weight excluding hydrogens is 310 g/mol. The summed E-state index contributed by atoms with van der Waals surface area (Å²) in [5, 5.41) is 4.65. The van der Waals surface area contributed by atoms with Gasteiger partial charge in [-0.15, -0.1) is 0 Å². The largest absolute Gasteiger partial charge is 0.258 e. The highest BCUT2D eigenvalue weighted by molar-refractivity contribution is 7.93. The van der Waals surface area contributed by atoms with Crippen LogP contribution in [0.3, 0.4) is 0 Å². The summed E-state index contributed by atoms with van der Waals surface area (Å²) >= 11 is 0.738. The number of hydrogen-bond acceptors (Lipinski definition) is 6. The van der Waals surface area contributed by atoms with Crippen LogP contribution in [0.15, 0.2) is 4.21 Å². The van der Waals surface area contributed by atoms with Crippen LogP contribution < -0.4 is 9.86 Å². The molecule has 1 aliphatic carbocycles. The van der Waals surface area contributed by atoms with Gasteiger partial charge in [-0.3, -0.25) is 4.72 Å². The number of anilines is 1. The van der Waals surface area contributed by atoms with Crippen molar-refractivity contribution in [1.29, 1.82) is 0 Å². The number of thiazole rings is 1. The van der Waals surface area contributed by atoms with Gasteiger partial charge in [-0.1, -0.05) is 24.2 Å². The Morgan fingerprint density at radius 2 is 1.84 bits per heavy atom. The van der Waals surface area contributed by atoms with Crippen molar-refractivity contribution in [3.8, 4) is 0 Å². The molecule has 1 saturated carbocycles. The summed E-state index contributed by atoms with van der Waals surface area (Å²) in [5.74, 6) is 0. The molecule has 1 aliphatic rings. The van der Waals surface area contributed by atoms with Gasteiger partial charge in [-0.25, -0.2) is 27.0 Å². The van der Waals surface area contributed by atoms with Gasteiger partial charge in [0.25, 0.3) is 0 Å². The van der Waals surface area contributed by atoms with Crippen molar-refractivity contribution in [2.45, 2.75) is 42.1 Å². The summed E-state index contributed by atoms with van der Waals surface area (Å²) in [6, 6.07) is 0. The molecule has 1 heterocycles. The van der Waals surface area contributed by atoms with Crippen LogP contribution >= 0.6 is 11.3 Å². The molecular formula is C9H15N3O4S3. The standard InChI is InChI=1S/C9H15N3O4S3/c1-6-8(18(10,13)14)17-9(11-6)12-19(15,16)7-4-2-3-5-7/h7H,2-5H2,1H3,(H,11,12)(H2,10,13,14). The zero-order valence-electron chi connectivity index (χ0n) is 10.3.